The molecule has 1 aromatic rings. The molecule has 1 aromatic heterocycles. The lowest BCUT2D eigenvalue weighted by Crippen LogP contribution is -2.39. The smallest absolute Gasteiger partial charge is 0.407 e. The molecule has 0 fully saturated rings. The molecule has 0 unspecified atom stereocenters. The molecule has 0 saturated heterocycles. The van der Waals surface area contributed by atoms with E-state index in [0.717, 1.165) is 28.8 Å². The van der Waals surface area contributed by atoms with Crippen molar-refractivity contribution < 1.29 is 19.0 Å². The van der Waals surface area contributed by atoms with Gasteiger partial charge in [-0.3, -0.25) is 4.57 Å². The van der Waals surface area contributed by atoms with Crippen molar-refractivity contribution in [3.8, 4) is 0 Å². The van der Waals surface area contributed by atoms with Gasteiger partial charge in [-0.05, 0) is 56.6 Å². The van der Waals surface area contributed by atoms with Gasteiger partial charge in [0.1, 0.15) is 22.8 Å². The highest BCUT2D eigenvalue weighted by atomic mass is 79.9. The third kappa shape index (κ3) is 10.0. The molecule has 162 valence electrons. The molecular formula is C19H36BrN3O4Si. The molecule has 0 aliphatic carbocycles. The van der Waals surface area contributed by atoms with Crippen LogP contribution >= 0.6 is 15.9 Å². The fourth-order valence-corrected chi connectivity index (χ4v) is 3.58. The maximum absolute atomic E-state index is 11.8. The Morgan fingerprint density at radius 2 is 1.93 bits per heavy atom. The first-order valence-electron chi connectivity index (χ1n) is 9.65. The molecule has 0 spiro atoms. The first kappa shape index (κ1) is 25.1. The van der Waals surface area contributed by atoms with Crippen molar-refractivity contribution in [2.45, 2.75) is 85.3 Å². The molecule has 1 N–H and O–H groups in total. The van der Waals surface area contributed by atoms with Crippen molar-refractivity contribution in [3.05, 3.63) is 16.1 Å². The first-order valence-corrected chi connectivity index (χ1v) is 14.1. The van der Waals surface area contributed by atoms with Gasteiger partial charge in [0.15, 0.2) is 0 Å². The van der Waals surface area contributed by atoms with Crippen molar-refractivity contribution >= 4 is 30.1 Å². The van der Waals surface area contributed by atoms with Crippen LogP contribution in [0.1, 0.15) is 39.2 Å². The van der Waals surface area contributed by atoms with E-state index >= 15 is 0 Å². The molecule has 0 aromatic carbocycles. The lowest BCUT2D eigenvalue weighted by molar-refractivity contribution is 0.0439. The van der Waals surface area contributed by atoms with E-state index in [0.29, 0.717) is 19.9 Å². The van der Waals surface area contributed by atoms with E-state index in [4.69, 9.17) is 14.2 Å². The van der Waals surface area contributed by atoms with Gasteiger partial charge in [0.2, 0.25) is 0 Å². The van der Waals surface area contributed by atoms with Crippen LogP contribution in [0.3, 0.4) is 0 Å². The molecule has 7 nitrogen and oxygen atoms in total. The Bertz CT molecular complexity index is 638. The van der Waals surface area contributed by atoms with Crippen LogP contribution in [0.25, 0.3) is 0 Å². The molecule has 1 rings (SSSR count). The zero-order valence-corrected chi connectivity index (χ0v) is 21.1. The van der Waals surface area contributed by atoms with Gasteiger partial charge in [0.25, 0.3) is 0 Å². The summed E-state index contributed by atoms with van der Waals surface area (Å²) in [5.74, 6) is 0.874. The number of rotatable bonds is 10. The first-order chi connectivity index (χ1) is 12.8. The van der Waals surface area contributed by atoms with Crippen LogP contribution in [0.4, 0.5) is 4.79 Å². The predicted octanol–water partition coefficient (Wildman–Crippen LogP) is 4.70. The Hall–Kier alpha value is -0.903. The summed E-state index contributed by atoms with van der Waals surface area (Å²) in [5, 5.41) is 2.76. The van der Waals surface area contributed by atoms with Crippen molar-refractivity contribution in [1.29, 1.82) is 0 Å². The molecule has 1 heterocycles. The maximum atomic E-state index is 11.8. The average Bonchev–Trinajstić information content (AvgIpc) is 2.75. The number of nitrogens with zero attached hydrogens (tertiary/aromatic N) is 2. The highest BCUT2D eigenvalue weighted by Gasteiger charge is 2.18. The number of aromatic nitrogens is 2. The average molecular weight is 479 g/mol. The van der Waals surface area contributed by atoms with Gasteiger partial charge in [-0.2, -0.15) is 0 Å². The number of nitrogens with one attached hydrogen (secondary N) is 1. The molecular weight excluding hydrogens is 442 g/mol. The second-order valence-corrected chi connectivity index (χ2v) is 15.6. The van der Waals surface area contributed by atoms with Crippen molar-refractivity contribution in [2.24, 2.45) is 0 Å². The Morgan fingerprint density at radius 3 is 2.50 bits per heavy atom. The monoisotopic (exact) mass is 477 g/mol. The third-order valence-electron chi connectivity index (χ3n) is 3.75. The Labute approximate surface area is 178 Å². The largest absolute Gasteiger partial charge is 0.444 e. The van der Waals surface area contributed by atoms with Gasteiger partial charge in [-0.1, -0.05) is 19.6 Å². The van der Waals surface area contributed by atoms with Gasteiger partial charge in [-0.15, -0.1) is 0 Å². The normalized spacial score (nSPS) is 13.5. The second kappa shape index (κ2) is 10.8. The van der Waals surface area contributed by atoms with Crippen LogP contribution in [-0.4, -0.2) is 48.6 Å². The minimum Gasteiger partial charge on any atom is -0.444 e. The number of ether oxygens (including phenoxy) is 3. The minimum absolute atomic E-state index is 0.165. The van der Waals surface area contributed by atoms with Crippen molar-refractivity contribution in [3.63, 3.8) is 0 Å². The van der Waals surface area contributed by atoms with Gasteiger partial charge < -0.3 is 19.5 Å². The van der Waals surface area contributed by atoms with Crippen LogP contribution in [0, 0.1) is 6.92 Å². The quantitative estimate of drug-likeness (QED) is 0.390. The molecule has 28 heavy (non-hydrogen) atoms. The SMILES string of the molecule is Cc1nc(COC[C@@H](C)NC(=O)OC(C)(C)C)c(Br)n1COCC[Si](C)(C)C. The minimum atomic E-state index is -1.09. The maximum Gasteiger partial charge on any atom is 0.407 e. The van der Waals surface area contributed by atoms with Crippen LogP contribution in [-0.2, 0) is 27.5 Å². The summed E-state index contributed by atoms with van der Waals surface area (Å²) in [6.07, 6.45) is -0.444. The number of aryl methyl sites for hydroxylation is 1. The zero-order valence-electron chi connectivity index (χ0n) is 18.5. The summed E-state index contributed by atoms with van der Waals surface area (Å²) in [4.78, 5) is 16.3. The van der Waals surface area contributed by atoms with E-state index in [1.807, 2.05) is 39.2 Å². The number of hydrogen-bond donors (Lipinski definition) is 1. The summed E-state index contributed by atoms with van der Waals surface area (Å²) in [7, 11) is -1.09. The van der Waals surface area contributed by atoms with Crippen LogP contribution in [0.5, 0.6) is 0 Å². The third-order valence-corrected chi connectivity index (χ3v) is 6.34. The number of hydrogen-bond acceptors (Lipinski definition) is 5. The highest BCUT2D eigenvalue weighted by molar-refractivity contribution is 9.10. The number of halogens is 1. The van der Waals surface area contributed by atoms with Crippen molar-refractivity contribution in [2.75, 3.05) is 13.2 Å². The fraction of sp³-hybridized carbons (Fsp3) is 0.789. The standard InChI is InChI=1S/C19H36BrN3O4Si/c1-14(21-18(24)27-19(3,4)5)11-26-12-16-17(20)23(15(2)22-16)13-25-9-10-28(6,7)8/h14H,9-13H2,1-8H3,(H,21,24)/t14-/m1/s1. The number of carbonyl (C=O) groups is 1. The van der Waals surface area contributed by atoms with Gasteiger partial charge in [0.05, 0.1) is 24.9 Å². The Kier molecular flexibility index (Phi) is 9.65. The summed E-state index contributed by atoms with van der Waals surface area (Å²) >= 11 is 3.59. The van der Waals surface area contributed by atoms with E-state index in [1.165, 1.54) is 0 Å². The summed E-state index contributed by atoms with van der Waals surface area (Å²) in [5.41, 5.74) is 0.299. The Morgan fingerprint density at radius 1 is 1.29 bits per heavy atom. The van der Waals surface area contributed by atoms with Crippen LogP contribution in [0.15, 0.2) is 4.60 Å². The highest BCUT2D eigenvalue weighted by Crippen LogP contribution is 2.20. The predicted molar refractivity (Wildman–Crippen MR) is 117 cm³/mol. The molecule has 1 amide bonds. The van der Waals surface area contributed by atoms with E-state index in [-0.39, 0.29) is 6.04 Å². The number of amides is 1. The van der Waals surface area contributed by atoms with E-state index in [9.17, 15) is 4.79 Å². The van der Waals surface area contributed by atoms with E-state index < -0.39 is 19.8 Å². The van der Waals surface area contributed by atoms with E-state index in [1.54, 1.807) is 0 Å². The van der Waals surface area contributed by atoms with Crippen molar-refractivity contribution in [1.82, 2.24) is 14.9 Å². The number of alkyl carbamates (subject to hydrolysis) is 1. The molecule has 0 aliphatic rings. The summed E-state index contributed by atoms with van der Waals surface area (Å²) in [6, 6.07) is 0.971. The fourth-order valence-electron chi connectivity index (χ4n) is 2.26. The van der Waals surface area contributed by atoms with E-state index in [2.05, 4.69) is 45.9 Å². The zero-order chi connectivity index (χ0) is 21.5. The van der Waals surface area contributed by atoms with Crippen LogP contribution in [0.2, 0.25) is 25.7 Å². The number of imidazole rings is 1. The van der Waals surface area contributed by atoms with Gasteiger partial charge in [-0.25, -0.2) is 9.78 Å². The lowest BCUT2D eigenvalue weighted by Gasteiger charge is -2.21. The molecule has 0 saturated carbocycles. The summed E-state index contributed by atoms with van der Waals surface area (Å²) in [6.45, 7) is 18.3. The molecule has 0 bridgehead atoms. The summed E-state index contributed by atoms with van der Waals surface area (Å²) < 4.78 is 19.6. The lowest BCUT2D eigenvalue weighted by atomic mass is 10.2. The molecule has 1 atom stereocenters. The molecule has 0 aliphatic heterocycles. The van der Waals surface area contributed by atoms with Gasteiger partial charge >= 0.3 is 6.09 Å². The van der Waals surface area contributed by atoms with Crippen LogP contribution < -0.4 is 5.32 Å². The topological polar surface area (TPSA) is 74.6 Å². The molecule has 0 radical (unpaired) electrons. The molecule has 9 heteroatoms. The Balaban J connectivity index is 2.43. The number of carbonyl (C=O) groups excluding carboxylic acids is 1. The second-order valence-electron chi connectivity index (χ2n) is 9.23. The van der Waals surface area contributed by atoms with Gasteiger partial charge in [0, 0.05) is 14.7 Å².